The van der Waals surface area contributed by atoms with Crippen LogP contribution < -0.4 is 0 Å². The minimum atomic E-state index is -1.31. The zero-order chi connectivity index (χ0) is 38.6. The first-order valence-electron chi connectivity index (χ1n) is 18.5. The van der Waals surface area contributed by atoms with E-state index in [1.807, 2.05) is 88.4 Å². The molecule has 6 fully saturated rings. The Morgan fingerprint density at radius 3 is 1.24 bits per heavy atom. The zero-order valence-electron chi connectivity index (χ0n) is 32.2. The van der Waals surface area contributed by atoms with Crippen molar-refractivity contribution < 1.29 is 66.4 Å². The number of benzene rings is 2. The van der Waals surface area contributed by atoms with E-state index in [0.717, 1.165) is 11.1 Å². The number of esters is 2. The Morgan fingerprint density at radius 2 is 0.907 bits per heavy atom. The van der Waals surface area contributed by atoms with Crippen molar-refractivity contribution in [3.63, 3.8) is 0 Å². The molecule has 0 saturated carbocycles. The average molecular weight is 757 g/mol. The Kier molecular flexibility index (Phi) is 10.5. The van der Waals surface area contributed by atoms with Crippen molar-refractivity contribution in [3.8, 4) is 0 Å². The molecule has 0 aliphatic carbocycles. The van der Waals surface area contributed by atoms with Crippen LogP contribution in [0.4, 0.5) is 0 Å². The van der Waals surface area contributed by atoms with E-state index in [-0.39, 0.29) is 13.2 Å². The molecule has 6 saturated heterocycles. The van der Waals surface area contributed by atoms with Crippen LogP contribution in [0.2, 0.25) is 0 Å². The molecule has 0 radical (unpaired) electrons. The first-order valence-corrected chi connectivity index (χ1v) is 18.5. The standard InChI is InChI=1S/2C20H26O7/c2*1-18(2)23-11-14(25-18)15-16-20(17(21)24-15,27-19(3,4)26-16)12-22-10-13-8-6-5-7-9-13/h2*5-9,14-16H,10-12H2,1-4H3/t2*14-,15-,16-,20-/m11/s1. The largest absolute Gasteiger partial charge is 0.454 e. The van der Waals surface area contributed by atoms with E-state index in [0.29, 0.717) is 26.4 Å². The highest BCUT2D eigenvalue weighted by atomic mass is 16.8. The Morgan fingerprint density at radius 1 is 0.537 bits per heavy atom. The van der Waals surface area contributed by atoms with Crippen LogP contribution in [0.15, 0.2) is 60.7 Å². The maximum absolute atomic E-state index is 12.8. The smallest absolute Gasteiger partial charge is 0.344 e. The number of fused-ring (bicyclic) bond motifs is 2. The van der Waals surface area contributed by atoms with Crippen molar-refractivity contribution in [3.05, 3.63) is 71.8 Å². The molecular formula is C40H52O14. The normalized spacial score (nSPS) is 36.6. The summed E-state index contributed by atoms with van der Waals surface area (Å²) in [6, 6.07) is 19.5. The maximum Gasteiger partial charge on any atom is 0.344 e. The van der Waals surface area contributed by atoms with Gasteiger partial charge in [-0.2, -0.15) is 0 Å². The number of rotatable bonds is 10. The van der Waals surface area contributed by atoms with Gasteiger partial charge in [0.1, 0.15) is 24.4 Å². The highest BCUT2D eigenvalue weighted by Crippen LogP contribution is 2.48. The van der Waals surface area contributed by atoms with E-state index in [1.165, 1.54) is 0 Å². The number of hydrogen-bond donors (Lipinski definition) is 0. The van der Waals surface area contributed by atoms with Crippen molar-refractivity contribution in [1.82, 2.24) is 0 Å². The van der Waals surface area contributed by atoms with E-state index in [2.05, 4.69) is 0 Å². The fraction of sp³-hybridized carbons (Fsp3) is 0.650. The van der Waals surface area contributed by atoms with E-state index >= 15 is 0 Å². The maximum atomic E-state index is 12.8. The van der Waals surface area contributed by atoms with Crippen molar-refractivity contribution >= 4 is 11.9 Å². The van der Waals surface area contributed by atoms with Gasteiger partial charge in [-0.3, -0.25) is 0 Å². The summed E-state index contributed by atoms with van der Waals surface area (Å²) in [6.45, 7) is 15.9. The molecule has 0 bridgehead atoms. The Balaban J connectivity index is 0.000000167. The molecule has 0 amide bonds. The van der Waals surface area contributed by atoms with Crippen molar-refractivity contribution in [2.45, 2.75) is 140 Å². The van der Waals surface area contributed by atoms with Crippen LogP contribution in [0, 0.1) is 0 Å². The quantitative estimate of drug-likeness (QED) is 0.317. The second-order valence-electron chi connectivity index (χ2n) is 16.3. The highest BCUT2D eigenvalue weighted by Gasteiger charge is 2.71. The SMILES string of the molecule is CC1(C)OC[C@H]([C@H]2OC(=O)[C@]3(COCc4ccccc4)OC(C)(C)O[C@H]23)O1.CC1(C)OC[C@H]([C@H]2OC(=O)[C@]3(COCc4ccccc4)OC(C)(C)O[C@H]23)O1. The highest BCUT2D eigenvalue weighted by molar-refractivity contribution is 5.84. The van der Waals surface area contributed by atoms with Crippen molar-refractivity contribution in [2.24, 2.45) is 0 Å². The third kappa shape index (κ3) is 7.97. The summed E-state index contributed by atoms with van der Waals surface area (Å²) < 4.78 is 70.2. The van der Waals surface area contributed by atoms with Gasteiger partial charge >= 0.3 is 11.9 Å². The predicted molar refractivity (Wildman–Crippen MR) is 187 cm³/mol. The molecule has 14 heteroatoms. The van der Waals surface area contributed by atoms with E-state index < -0.39 is 82.9 Å². The van der Waals surface area contributed by atoms with Crippen LogP contribution in [0.5, 0.6) is 0 Å². The monoisotopic (exact) mass is 756 g/mol. The summed E-state index contributed by atoms with van der Waals surface area (Å²) in [4.78, 5) is 25.7. The van der Waals surface area contributed by atoms with Crippen molar-refractivity contribution in [2.75, 3.05) is 26.4 Å². The first-order chi connectivity index (χ1) is 25.4. The molecule has 0 spiro atoms. The summed E-state index contributed by atoms with van der Waals surface area (Å²) in [5.74, 6) is -4.25. The molecule has 6 heterocycles. The fourth-order valence-corrected chi connectivity index (χ4v) is 7.82. The van der Waals surface area contributed by atoms with Crippen molar-refractivity contribution in [1.29, 1.82) is 0 Å². The molecule has 8 atom stereocenters. The minimum Gasteiger partial charge on any atom is -0.454 e. The lowest BCUT2D eigenvalue weighted by Gasteiger charge is -2.25. The van der Waals surface area contributed by atoms with Gasteiger partial charge in [0.2, 0.25) is 11.2 Å². The van der Waals surface area contributed by atoms with Gasteiger partial charge in [-0.25, -0.2) is 9.59 Å². The molecule has 2 aromatic carbocycles. The molecule has 14 nitrogen and oxygen atoms in total. The Hall–Kier alpha value is -3.02. The molecule has 296 valence electrons. The van der Waals surface area contributed by atoms with Crippen LogP contribution in [-0.2, 0) is 79.6 Å². The average Bonchev–Trinajstić information content (AvgIpc) is 3.90. The molecule has 8 rings (SSSR count). The van der Waals surface area contributed by atoms with E-state index in [4.69, 9.17) is 56.8 Å². The summed E-state index contributed by atoms with van der Waals surface area (Å²) >= 11 is 0. The summed E-state index contributed by atoms with van der Waals surface area (Å²) in [6.07, 6.45) is -3.30. The number of carbonyl (C=O) groups excluding carboxylic acids is 2. The van der Waals surface area contributed by atoms with Crippen LogP contribution >= 0.6 is 0 Å². The lowest BCUT2D eigenvalue weighted by atomic mass is 9.94. The predicted octanol–water partition coefficient (Wildman–Crippen LogP) is 4.34. The van der Waals surface area contributed by atoms with E-state index in [1.54, 1.807) is 27.7 Å². The molecule has 2 aromatic rings. The molecule has 6 aliphatic rings. The van der Waals surface area contributed by atoms with Gasteiger partial charge < -0.3 is 56.8 Å². The summed E-state index contributed by atoms with van der Waals surface area (Å²) in [5, 5.41) is 0. The van der Waals surface area contributed by atoms with Gasteiger partial charge in [0.25, 0.3) is 0 Å². The van der Waals surface area contributed by atoms with Crippen LogP contribution in [0.1, 0.15) is 66.5 Å². The molecule has 0 N–H and O–H groups in total. The Labute approximate surface area is 315 Å². The number of cyclic esters (lactones) is 2. The Bertz CT molecular complexity index is 1520. The lowest BCUT2D eigenvalue weighted by molar-refractivity contribution is -0.212. The molecule has 6 aliphatic heterocycles. The summed E-state index contributed by atoms with van der Waals surface area (Å²) in [5.41, 5.74) is -0.584. The van der Waals surface area contributed by atoms with Gasteiger partial charge in [0.15, 0.2) is 35.4 Å². The fourth-order valence-electron chi connectivity index (χ4n) is 7.82. The number of hydrogen-bond acceptors (Lipinski definition) is 14. The third-order valence-corrected chi connectivity index (χ3v) is 10.0. The lowest BCUT2D eigenvalue weighted by Crippen LogP contribution is -2.50. The summed E-state index contributed by atoms with van der Waals surface area (Å²) in [7, 11) is 0. The molecule has 54 heavy (non-hydrogen) atoms. The minimum absolute atomic E-state index is 0.0439. The second kappa shape index (κ2) is 14.5. The second-order valence-corrected chi connectivity index (χ2v) is 16.3. The third-order valence-electron chi connectivity index (χ3n) is 10.0. The van der Waals surface area contributed by atoms with Crippen LogP contribution in [-0.4, -0.2) is 109 Å². The zero-order valence-corrected chi connectivity index (χ0v) is 32.2. The molecular weight excluding hydrogens is 704 g/mol. The number of carbonyl (C=O) groups is 2. The van der Waals surface area contributed by atoms with E-state index in [9.17, 15) is 9.59 Å². The van der Waals surface area contributed by atoms with Gasteiger partial charge in [-0.05, 0) is 66.5 Å². The topological polar surface area (TPSA) is 145 Å². The number of ether oxygens (including phenoxy) is 12. The molecule has 0 unspecified atom stereocenters. The van der Waals surface area contributed by atoms with Gasteiger partial charge in [0.05, 0.1) is 39.6 Å². The van der Waals surface area contributed by atoms with Gasteiger partial charge in [0, 0.05) is 0 Å². The first kappa shape index (κ1) is 39.2. The molecule has 0 aromatic heterocycles. The van der Waals surface area contributed by atoms with Crippen LogP contribution in [0.3, 0.4) is 0 Å². The van der Waals surface area contributed by atoms with Gasteiger partial charge in [-0.15, -0.1) is 0 Å². The van der Waals surface area contributed by atoms with Gasteiger partial charge in [-0.1, -0.05) is 60.7 Å². The van der Waals surface area contributed by atoms with Crippen LogP contribution in [0.25, 0.3) is 0 Å².